The SMILES string of the molecule is Cc1nn(C)c(Cl)c1CC(=O)NC[C@H](C)O. The minimum atomic E-state index is -0.547. The highest BCUT2D eigenvalue weighted by Crippen LogP contribution is 2.18. The van der Waals surface area contributed by atoms with Crippen LogP contribution in [0.25, 0.3) is 0 Å². The normalized spacial score (nSPS) is 12.6. The third-order valence-electron chi connectivity index (χ3n) is 2.20. The molecule has 2 N–H and O–H groups in total. The highest BCUT2D eigenvalue weighted by atomic mass is 35.5. The summed E-state index contributed by atoms with van der Waals surface area (Å²) in [6.45, 7) is 3.67. The molecule has 1 amide bonds. The summed E-state index contributed by atoms with van der Waals surface area (Å²) in [5, 5.41) is 16.2. The Kier molecular flexibility index (Phi) is 4.32. The van der Waals surface area contributed by atoms with Gasteiger partial charge in [0.15, 0.2) is 0 Å². The zero-order chi connectivity index (χ0) is 12.3. The van der Waals surface area contributed by atoms with E-state index >= 15 is 0 Å². The van der Waals surface area contributed by atoms with Crippen molar-refractivity contribution in [3.8, 4) is 0 Å². The van der Waals surface area contributed by atoms with Gasteiger partial charge in [0.1, 0.15) is 5.15 Å². The molecule has 0 aromatic carbocycles. The largest absolute Gasteiger partial charge is 0.392 e. The van der Waals surface area contributed by atoms with Crippen LogP contribution in [0.3, 0.4) is 0 Å². The molecule has 0 saturated carbocycles. The molecule has 1 aromatic rings. The zero-order valence-corrected chi connectivity index (χ0v) is 10.4. The second-order valence-corrected chi connectivity index (χ2v) is 4.17. The van der Waals surface area contributed by atoms with Crippen LogP contribution in [-0.2, 0) is 18.3 Å². The van der Waals surface area contributed by atoms with Crippen molar-refractivity contribution in [1.82, 2.24) is 15.1 Å². The summed E-state index contributed by atoms with van der Waals surface area (Å²) in [6, 6.07) is 0. The van der Waals surface area contributed by atoms with E-state index in [9.17, 15) is 4.79 Å². The fourth-order valence-corrected chi connectivity index (χ4v) is 1.60. The van der Waals surface area contributed by atoms with Gasteiger partial charge in [0.25, 0.3) is 0 Å². The Morgan fingerprint density at radius 3 is 2.75 bits per heavy atom. The molecule has 0 aliphatic rings. The standard InChI is InChI=1S/C10H16ClN3O2/c1-6(15)5-12-9(16)4-8-7(2)13-14(3)10(8)11/h6,15H,4-5H2,1-3H3,(H,12,16)/t6-/m0/s1. The Morgan fingerprint density at radius 2 is 2.31 bits per heavy atom. The predicted molar refractivity (Wildman–Crippen MR) is 61.3 cm³/mol. The maximum absolute atomic E-state index is 11.5. The second kappa shape index (κ2) is 5.32. The molecule has 0 bridgehead atoms. The monoisotopic (exact) mass is 245 g/mol. The molecule has 16 heavy (non-hydrogen) atoms. The third kappa shape index (κ3) is 3.21. The van der Waals surface area contributed by atoms with E-state index in [0.717, 1.165) is 11.3 Å². The van der Waals surface area contributed by atoms with Gasteiger partial charge in [-0.2, -0.15) is 5.10 Å². The quantitative estimate of drug-likeness (QED) is 0.808. The number of aromatic nitrogens is 2. The van der Waals surface area contributed by atoms with Gasteiger partial charge in [-0.3, -0.25) is 9.48 Å². The molecule has 0 spiro atoms. The molecule has 1 rings (SSSR count). The maximum Gasteiger partial charge on any atom is 0.224 e. The van der Waals surface area contributed by atoms with Crippen LogP contribution in [0, 0.1) is 6.92 Å². The maximum atomic E-state index is 11.5. The smallest absolute Gasteiger partial charge is 0.224 e. The minimum absolute atomic E-state index is 0.168. The summed E-state index contributed by atoms with van der Waals surface area (Å²) in [5.74, 6) is -0.168. The summed E-state index contributed by atoms with van der Waals surface area (Å²) >= 11 is 5.99. The first-order valence-electron chi connectivity index (χ1n) is 5.04. The number of aryl methyl sites for hydroxylation is 2. The molecule has 0 unspecified atom stereocenters. The minimum Gasteiger partial charge on any atom is -0.392 e. The Hall–Kier alpha value is -1.07. The molecule has 0 saturated heterocycles. The fourth-order valence-electron chi connectivity index (χ4n) is 1.36. The molecule has 90 valence electrons. The Bertz CT molecular complexity index is 388. The lowest BCUT2D eigenvalue weighted by molar-refractivity contribution is -0.120. The van der Waals surface area contributed by atoms with Crippen LogP contribution in [0.5, 0.6) is 0 Å². The summed E-state index contributed by atoms with van der Waals surface area (Å²) < 4.78 is 1.54. The lowest BCUT2D eigenvalue weighted by atomic mass is 10.2. The van der Waals surface area contributed by atoms with Crippen LogP contribution in [-0.4, -0.2) is 33.4 Å². The molecule has 1 heterocycles. The van der Waals surface area contributed by atoms with E-state index in [1.165, 1.54) is 4.68 Å². The molecule has 6 heteroatoms. The first kappa shape index (κ1) is 13.0. The molecular weight excluding hydrogens is 230 g/mol. The highest BCUT2D eigenvalue weighted by Gasteiger charge is 2.14. The van der Waals surface area contributed by atoms with Crippen molar-refractivity contribution in [3.05, 3.63) is 16.4 Å². The van der Waals surface area contributed by atoms with Gasteiger partial charge in [0.05, 0.1) is 18.2 Å². The first-order chi connectivity index (χ1) is 7.41. The van der Waals surface area contributed by atoms with Crippen molar-refractivity contribution >= 4 is 17.5 Å². The molecule has 0 fully saturated rings. The molecule has 0 aliphatic heterocycles. The Balaban J connectivity index is 2.63. The number of rotatable bonds is 4. The fraction of sp³-hybridized carbons (Fsp3) is 0.600. The van der Waals surface area contributed by atoms with Crippen molar-refractivity contribution < 1.29 is 9.90 Å². The summed E-state index contributed by atoms with van der Waals surface area (Å²) in [4.78, 5) is 11.5. The number of nitrogens with zero attached hydrogens (tertiary/aromatic N) is 2. The Morgan fingerprint density at radius 1 is 1.69 bits per heavy atom. The van der Waals surface area contributed by atoms with Crippen LogP contribution < -0.4 is 5.32 Å². The molecule has 1 atom stereocenters. The molecule has 1 aromatic heterocycles. The van der Waals surface area contributed by atoms with Gasteiger partial charge in [-0.1, -0.05) is 11.6 Å². The number of halogens is 1. The summed E-state index contributed by atoms with van der Waals surface area (Å²) in [7, 11) is 1.73. The van der Waals surface area contributed by atoms with E-state index in [4.69, 9.17) is 16.7 Å². The molecule has 0 aliphatic carbocycles. The summed E-state index contributed by atoms with van der Waals surface area (Å²) in [6.07, 6.45) is -0.361. The van der Waals surface area contributed by atoms with Crippen LogP contribution in [0.4, 0.5) is 0 Å². The number of aliphatic hydroxyl groups excluding tert-OH is 1. The van der Waals surface area contributed by atoms with Crippen molar-refractivity contribution in [3.63, 3.8) is 0 Å². The lowest BCUT2D eigenvalue weighted by Gasteiger charge is -2.06. The van der Waals surface area contributed by atoms with Gasteiger partial charge < -0.3 is 10.4 Å². The topological polar surface area (TPSA) is 67.2 Å². The van der Waals surface area contributed by atoms with E-state index in [2.05, 4.69) is 10.4 Å². The van der Waals surface area contributed by atoms with E-state index in [-0.39, 0.29) is 18.9 Å². The van der Waals surface area contributed by atoms with Gasteiger partial charge >= 0.3 is 0 Å². The molecular formula is C10H16ClN3O2. The highest BCUT2D eigenvalue weighted by molar-refractivity contribution is 6.30. The number of amides is 1. The number of carbonyl (C=O) groups excluding carboxylic acids is 1. The first-order valence-corrected chi connectivity index (χ1v) is 5.42. The van der Waals surface area contributed by atoms with E-state index in [1.54, 1.807) is 14.0 Å². The number of carbonyl (C=O) groups is 1. The van der Waals surface area contributed by atoms with Crippen molar-refractivity contribution in [2.24, 2.45) is 7.05 Å². The average molecular weight is 246 g/mol. The predicted octanol–water partition coefficient (Wildman–Crippen LogP) is 0.421. The van der Waals surface area contributed by atoms with Crippen molar-refractivity contribution in [1.29, 1.82) is 0 Å². The van der Waals surface area contributed by atoms with Crippen molar-refractivity contribution in [2.75, 3.05) is 6.54 Å². The average Bonchev–Trinajstić information content (AvgIpc) is 2.42. The Labute approximate surface area is 99.4 Å². The van der Waals surface area contributed by atoms with Gasteiger partial charge in [-0.15, -0.1) is 0 Å². The molecule has 0 radical (unpaired) electrons. The van der Waals surface area contributed by atoms with Crippen LogP contribution in [0.15, 0.2) is 0 Å². The second-order valence-electron chi connectivity index (χ2n) is 3.81. The van der Waals surface area contributed by atoms with Crippen LogP contribution >= 0.6 is 11.6 Å². The van der Waals surface area contributed by atoms with E-state index in [0.29, 0.717) is 5.15 Å². The van der Waals surface area contributed by atoms with Crippen LogP contribution in [0.1, 0.15) is 18.2 Å². The number of nitrogens with one attached hydrogen (secondary N) is 1. The van der Waals surface area contributed by atoms with Gasteiger partial charge in [-0.25, -0.2) is 0 Å². The third-order valence-corrected chi connectivity index (χ3v) is 2.67. The number of aliphatic hydroxyl groups is 1. The number of hydrogen-bond donors (Lipinski definition) is 2. The summed E-state index contributed by atoms with van der Waals surface area (Å²) in [5.41, 5.74) is 1.48. The van der Waals surface area contributed by atoms with Gasteiger partial charge in [0, 0.05) is 19.2 Å². The van der Waals surface area contributed by atoms with Gasteiger partial charge in [0.2, 0.25) is 5.91 Å². The lowest BCUT2D eigenvalue weighted by Crippen LogP contribution is -2.31. The number of hydrogen-bond acceptors (Lipinski definition) is 3. The molecule has 5 nitrogen and oxygen atoms in total. The zero-order valence-electron chi connectivity index (χ0n) is 9.62. The van der Waals surface area contributed by atoms with E-state index < -0.39 is 6.10 Å². The van der Waals surface area contributed by atoms with Crippen molar-refractivity contribution in [2.45, 2.75) is 26.4 Å². The van der Waals surface area contributed by atoms with E-state index in [1.807, 2.05) is 6.92 Å². The van der Waals surface area contributed by atoms with Gasteiger partial charge in [-0.05, 0) is 13.8 Å². The van der Waals surface area contributed by atoms with Crippen LogP contribution in [0.2, 0.25) is 5.15 Å².